The van der Waals surface area contributed by atoms with Gasteiger partial charge in [-0.05, 0) is 70.6 Å². The van der Waals surface area contributed by atoms with Gasteiger partial charge in [-0.25, -0.2) is 0 Å². The summed E-state index contributed by atoms with van der Waals surface area (Å²) in [6.45, 7) is 2.16. The van der Waals surface area contributed by atoms with E-state index in [0.717, 1.165) is 29.1 Å². The number of rotatable bonds is 7. The molecule has 0 aliphatic heterocycles. The second kappa shape index (κ2) is 14.0. The first kappa shape index (κ1) is 27.1. The Morgan fingerprint density at radius 2 is 0.900 bits per heavy atom. The highest BCUT2D eigenvalue weighted by molar-refractivity contribution is 6.30. The Kier molecular flexibility index (Phi) is 9.49. The van der Waals surface area contributed by atoms with Crippen molar-refractivity contribution in [2.45, 2.75) is 6.42 Å². The first-order valence-electron chi connectivity index (χ1n) is 13.5. The standard InChI is InChI=1S/C38H30ClN/c39-38-25-19-33(20-26-38)27-30-40(28-7-9-31-15-21-36(22-16-31)34-11-3-1-4-12-34)29-8-10-32-17-23-37(24-18-32)35-13-5-2-6-14-35/h1-6,11-26H,27-30H2. The van der Waals surface area contributed by atoms with Gasteiger partial charge >= 0.3 is 0 Å². The highest BCUT2D eigenvalue weighted by atomic mass is 35.5. The molecule has 0 saturated heterocycles. The predicted molar refractivity (Wildman–Crippen MR) is 169 cm³/mol. The quantitative estimate of drug-likeness (QED) is 0.188. The first-order chi connectivity index (χ1) is 19.7. The van der Waals surface area contributed by atoms with Gasteiger partial charge in [-0.3, -0.25) is 4.90 Å². The molecule has 0 bridgehead atoms. The Bertz CT molecular complexity index is 1510. The predicted octanol–water partition coefficient (Wildman–Crippen LogP) is 8.62. The molecule has 0 aliphatic carbocycles. The number of halogens is 1. The van der Waals surface area contributed by atoms with E-state index in [4.69, 9.17) is 11.6 Å². The molecule has 194 valence electrons. The Balaban J connectivity index is 1.24. The van der Waals surface area contributed by atoms with Crippen molar-refractivity contribution in [1.29, 1.82) is 0 Å². The van der Waals surface area contributed by atoms with Gasteiger partial charge in [-0.15, -0.1) is 0 Å². The van der Waals surface area contributed by atoms with Gasteiger partial charge in [0.05, 0.1) is 13.1 Å². The summed E-state index contributed by atoms with van der Waals surface area (Å²) in [5.74, 6) is 13.4. The molecule has 2 heteroatoms. The molecule has 0 heterocycles. The van der Waals surface area contributed by atoms with Crippen LogP contribution >= 0.6 is 11.6 Å². The monoisotopic (exact) mass is 535 g/mol. The third kappa shape index (κ3) is 7.99. The van der Waals surface area contributed by atoms with Crippen molar-refractivity contribution in [1.82, 2.24) is 4.90 Å². The van der Waals surface area contributed by atoms with Crippen LogP contribution in [-0.2, 0) is 6.42 Å². The van der Waals surface area contributed by atoms with E-state index < -0.39 is 0 Å². The van der Waals surface area contributed by atoms with Gasteiger partial charge in [0.1, 0.15) is 0 Å². The van der Waals surface area contributed by atoms with E-state index in [1.807, 2.05) is 24.3 Å². The SMILES string of the molecule is Clc1ccc(CCN(CC#Cc2ccc(-c3ccccc3)cc2)CC#Cc2ccc(-c3ccccc3)cc2)cc1. The Morgan fingerprint density at radius 3 is 1.35 bits per heavy atom. The van der Waals surface area contributed by atoms with Crippen LogP contribution < -0.4 is 0 Å². The van der Waals surface area contributed by atoms with E-state index in [9.17, 15) is 0 Å². The minimum Gasteiger partial charge on any atom is -0.281 e. The largest absolute Gasteiger partial charge is 0.281 e. The molecule has 5 rings (SSSR count). The summed E-state index contributed by atoms with van der Waals surface area (Å²) in [6.07, 6.45) is 0.915. The van der Waals surface area contributed by atoms with Gasteiger partial charge in [0.15, 0.2) is 0 Å². The van der Waals surface area contributed by atoms with Gasteiger partial charge < -0.3 is 0 Å². The Labute approximate surface area is 243 Å². The molecule has 0 aliphatic rings. The topological polar surface area (TPSA) is 3.24 Å². The fourth-order valence-corrected chi connectivity index (χ4v) is 4.54. The molecule has 0 aromatic heterocycles. The lowest BCUT2D eigenvalue weighted by Crippen LogP contribution is -2.27. The molecule has 0 N–H and O–H groups in total. The second-order valence-electron chi connectivity index (χ2n) is 9.58. The summed E-state index contributed by atoms with van der Waals surface area (Å²) in [7, 11) is 0. The van der Waals surface area contributed by atoms with Crippen molar-refractivity contribution in [3.63, 3.8) is 0 Å². The van der Waals surface area contributed by atoms with Crippen LogP contribution in [0.1, 0.15) is 16.7 Å². The van der Waals surface area contributed by atoms with Gasteiger partial charge in [-0.2, -0.15) is 0 Å². The first-order valence-corrected chi connectivity index (χ1v) is 13.9. The average molecular weight is 536 g/mol. The highest BCUT2D eigenvalue weighted by Crippen LogP contribution is 2.20. The average Bonchev–Trinajstić information content (AvgIpc) is 3.02. The lowest BCUT2D eigenvalue weighted by molar-refractivity contribution is 0.349. The Morgan fingerprint density at radius 1 is 0.475 bits per heavy atom. The molecule has 0 amide bonds. The van der Waals surface area contributed by atoms with E-state index in [-0.39, 0.29) is 0 Å². The van der Waals surface area contributed by atoms with Crippen LogP contribution in [0.5, 0.6) is 0 Å². The van der Waals surface area contributed by atoms with Crippen molar-refractivity contribution in [2.24, 2.45) is 0 Å². The summed E-state index contributed by atoms with van der Waals surface area (Å²) in [5.41, 5.74) is 8.10. The van der Waals surface area contributed by atoms with Crippen LogP contribution in [0.4, 0.5) is 0 Å². The molecular formula is C38H30ClN. The van der Waals surface area contributed by atoms with Gasteiger partial charge in [-0.1, -0.05) is 132 Å². The molecule has 0 unspecified atom stereocenters. The smallest absolute Gasteiger partial charge is 0.0613 e. The van der Waals surface area contributed by atoms with Crippen molar-refractivity contribution in [3.8, 4) is 45.9 Å². The van der Waals surface area contributed by atoms with Crippen LogP contribution in [-0.4, -0.2) is 24.5 Å². The minimum absolute atomic E-state index is 0.648. The molecular weight excluding hydrogens is 506 g/mol. The van der Waals surface area contributed by atoms with E-state index in [2.05, 4.69) is 138 Å². The third-order valence-corrected chi connectivity index (χ3v) is 6.94. The van der Waals surface area contributed by atoms with Crippen LogP contribution in [0, 0.1) is 23.7 Å². The van der Waals surface area contributed by atoms with Crippen LogP contribution in [0.3, 0.4) is 0 Å². The molecule has 1 nitrogen and oxygen atoms in total. The number of nitrogens with zero attached hydrogens (tertiary/aromatic N) is 1. The van der Waals surface area contributed by atoms with E-state index in [0.29, 0.717) is 13.1 Å². The molecule has 5 aromatic carbocycles. The molecule has 0 fully saturated rings. The fourth-order valence-electron chi connectivity index (χ4n) is 4.41. The van der Waals surface area contributed by atoms with Crippen molar-refractivity contribution < 1.29 is 0 Å². The molecule has 5 aromatic rings. The Hall–Kier alpha value is -4.53. The number of hydrogen-bond acceptors (Lipinski definition) is 1. The fraction of sp³-hybridized carbons (Fsp3) is 0.105. The number of benzene rings is 5. The normalized spacial score (nSPS) is 10.3. The number of hydrogen-bond donors (Lipinski definition) is 0. The van der Waals surface area contributed by atoms with Crippen LogP contribution in [0.15, 0.2) is 133 Å². The van der Waals surface area contributed by atoms with Crippen molar-refractivity contribution >= 4 is 11.6 Å². The molecule has 0 atom stereocenters. The second-order valence-corrected chi connectivity index (χ2v) is 10.0. The van der Waals surface area contributed by atoms with Gasteiger partial charge in [0.2, 0.25) is 0 Å². The van der Waals surface area contributed by atoms with E-state index in [1.54, 1.807) is 0 Å². The summed E-state index contributed by atoms with van der Waals surface area (Å²) < 4.78 is 0. The van der Waals surface area contributed by atoms with Gasteiger partial charge in [0, 0.05) is 22.7 Å². The summed E-state index contributed by atoms with van der Waals surface area (Å²) >= 11 is 6.07. The summed E-state index contributed by atoms with van der Waals surface area (Å²) in [4.78, 5) is 2.30. The summed E-state index contributed by atoms with van der Waals surface area (Å²) in [5, 5.41) is 0.758. The molecule has 0 saturated carbocycles. The van der Waals surface area contributed by atoms with E-state index >= 15 is 0 Å². The zero-order valence-corrected chi connectivity index (χ0v) is 23.1. The van der Waals surface area contributed by atoms with Gasteiger partial charge in [0.25, 0.3) is 0 Å². The minimum atomic E-state index is 0.648. The summed E-state index contributed by atoms with van der Waals surface area (Å²) in [6, 6.07) is 45.7. The lowest BCUT2D eigenvalue weighted by Gasteiger charge is -2.16. The molecule has 40 heavy (non-hydrogen) atoms. The zero-order chi connectivity index (χ0) is 27.4. The maximum Gasteiger partial charge on any atom is 0.0613 e. The van der Waals surface area contributed by atoms with Crippen molar-refractivity contribution in [3.05, 3.63) is 155 Å². The maximum atomic E-state index is 6.07. The molecule has 0 radical (unpaired) electrons. The van der Waals surface area contributed by atoms with E-state index in [1.165, 1.54) is 27.8 Å². The molecule has 0 spiro atoms. The lowest BCUT2D eigenvalue weighted by atomic mass is 10.0. The van der Waals surface area contributed by atoms with Crippen LogP contribution in [0.2, 0.25) is 5.02 Å². The van der Waals surface area contributed by atoms with Crippen molar-refractivity contribution in [2.75, 3.05) is 19.6 Å². The zero-order valence-electron chi connectivity index (χ0n) is 22.4. The third-order valence-electron chi connectivity index (χ3n) is 6.68. The van der Waals surface area contributed by atoms with Crippen LogP contribution in [0.25, 0.3) is 22.3 Å². The highest BCUT2D eigenvalue weighted by Gasteiger charge is 2.03. The maximum absolute atomic E-state index is 6.07.